The van der Waals surface area contributed by atoms with Gasteiger partial charge in [0, 0.05) is 33.4 Å². The third kappa shape index (κ3) is 4.36. The minimum absolute atomic E-state index is 0.0210. The molecule has 5 nitrogen and oxygen atoms in total. The normalized spacial score (nSPS) is 10.8. The summed E-state index contributed by atoms with van der Waals surface area (Å²) in [5.41, 5.74) is 0.915. The smallest absolute Gasteiger partial charge is 0.340 e. The first-order valence-electron chi connectivity index (χ1n) is 9.04. The number of hydrogen-bond acceptors (Lipinski definition) is 5. The molecule has 0 radical (unpaired) electrons. The molecule has 1 heterocycles. The fraction of sp³-hybridized carbons (Fsp3) is 0.0435. The van der Waals surface area contributed by atoms with E-state index in [-0.39, 0.29) is 11.3 Å². The van der Waals surface area contributed by atoms with Crippen LogP contribution in [0.1, 0.15) is 15.9 Å². The Balaban J connectivity index is 1.43. The molecule has 0 saturated heterocycles. The Labute approximate surface area is 175 Å². The predicted octanol–water partition coefficient (Wildman–Crippen LogP) is 5.18. The van der Waals surface area contributed by atoms with Gasteiger partial charge in [-0.25, -0.2) is 9.18 Å². The molecule has 1 amide bonds. The largest absolute Gasteiger partial charge is 0.508 e. The number of amides is 1. The average molecular weight is 421 g/mol. The summed E-state index contributed by atoms with van der Waals surface area (Å²) in [6.45, 7) is 0. The van der Waals surface area contributed by atoms with E-state index in [0.29, 0.717) is 22.6 Å². The summed E-state index contributed by atoms with van der Waals surface area (Å²) >= 11 is 1.44. The van der Waals surface area contributed by atoms with Crippen LogP contribution in [0.5, 0.6) is 5.75 Å². The van der Waals surface area contributed by atoms with Crippen molar-refractivity contribution >= 4 is 34.3 Å². The number of fused-ring (bicyclic) bond motifs is 1. The topological polar surface area (TPSA) is 79.5 Å². The van der Waals surface area contributed by atoms with Gasteiger partial charge in [-0.15, -0.1) is 11.8 Å². The van der Waals surface area contributed by atoms with Crippen LogP contribution in [0, 0.1) is 5.82 Å². The molecule has 150 valence electrons. The molecule has 4 aromatic rings. The maximum Gasteiger partial charge on any atom is 0.340 e. The number of rotatable bonds is 5. The van der Waals surface area contributed by atoms with E-state index in [0.717, 1.165) is 10.3 Å². The van der Waals surface area contributed by atoms with Crippen LogP contribution in [0.4, 0.5) is 10.1 Å². The van der Waals surface area contributed by atoms with E-state index < -0.39 is 17.3 Å². The SMILES string of the molecule is O=C(Nc1ccc(SCc2cc3ccc(O)cc3oc2=O)cc1)c1ccccc1F. The van der Waals surface area contributed by atoms with Crippen LogP contribution in [0.3, 0.4) is 0 Å². The van der Waals surface area contributed by atoms with Crippen LogP contribution in [-0.2, 0) is 5.75 Å². The highest BCUT2D eigenvalue weighted by atomic mass is 32.2. The second kappa shape index (κ2) is 8.42. The first-order valence-corrected chi connectivity index (χ1v) is 10.0. The van der Waals surface area contributed by atoms with E-state index in [1.54, 1.807) is 30.3 Å². The molecule has 0 aliphatic heterocycles. The van der Waals surface area contributed by atoms with E-state index >= 15 is 0 Å². The number of anilines is 1. The van der Waals surface area contributed by atoms with Gasteiger partial charge in [-0.2, -0.15) is 0 Å². The average Bonchev–Trinajstić information content (AvgIpc) is 2.73. The van der Waals surface area contributed by atoms with Crippen molar-refractivity contribution in [1.29, 1.82) is 0 Å². The quantitative estimate of drug-likeness (QED) is 0.343. The fourth-order valence-electron chi connectivity index (χ4n) is 2.88. The molecule has 7 heteroatoms. The Kier molecular flexibility index (Phi) is 5.54. The van der Waals surface area contributed by atoms with Gasteiger partial charge in [0.1, 0.15) is 17.1 Å². The lowest BCUT2D eigenvalue weighted by Gasteiger charge is -2.07. The number of carbonyl (C=O) groups excluding carboxylic acids is 1. The van der Waals surface area contributed by atoms with Crippen LogP contribution < -0.4 is 10.9 Å². The number of phenols is 1. The van der Waals surface area contributed by atoms with Crippen molar-refractivity contribution < 1.29 is 18.7 Å². The van der Waals surface area contributed by atoms with Crippen LogP contribution in [-0.4, -0.2) is 11.0 Å². The van der Waals surface area contributed by atoms with Crippen molar-refractivity contribution in [2.45, 2.75) is 10.6 Å². The van der Waals surface area contributed by atoms with Gasteiger partial charge in [0.05, 0.1) is 5.56 Å². The number of benzene rings is 3. The van der Waals surface area contributed by atoms with Crippen molar-refractivity contribution in [2.24, 2.45) is 0 Å². The van der Waals surface area contributed by atoms with Gasteiger partial charge in [-0.1, -0.05) is 12.1 Å². The van der Waals surface area contributed by atoms with E-state index in [1.807, 2.05) is 12.1 Å². The van der Waals surface area contributed by atoms with Crippen molar-refractivity contribution in [1.82, 2.24) is 0 Å². The number of carbonyl (C=O) groups is 1. The summed E-state index contributed by atoms with van der Waals surface area (Å²) in [5, 5.41) is 12.9. The molecule has 0 fully saturated rings. The minimum atomic E-state index is -0.577. The van der Waals surface area contributed by atoms with Crippen LogP contribution in [0.15, 0.2) is 86.9 Å². The first-order chi connectivity index (χ1) is 14.5. The molecule has 3 aromatic carbocycles. The molecule has 0 spiro atoms. The lowest BCUT2D eigenvalue weighted by Crippen LogP contribution is -2.13. The standard InChI is InChI=1S/C23H16FNO4S/c24-20-4-2-1-3-19(20)22(27)25-16-6-9-18(10-7-16)30-13-15-11-14-5-8-17(26)12-21(14)29-23(15)28/h1-12,26H,13H2,(H,25,27). The lowest BCUT2D eigenvalue weighted by atomic mass is 10.2. The highest BCUT2D eigenvalue weighted by Gasteiger charge is 2.11. The summed E-state index contributed by atoms with van der Waals surface area (Å²) < 4.78 is 19.0. The number of halogens is 1. The van der Waals surface area contributed by atoms with Gasteiger partial charge < -0.3 is 14.8 Å². The lowest BCUT2D eigenvalue weighted by molar-refractivity contribution is 0.102. The van der Waals surface area contributed by atoms with Crippen LogP contribution in [0.2, 0.25) is 0 Å². The van der Waals surface area contributed by atoms with Gasteiger partial charge in [-0.05, 0) is 54.6 Å². The van der Waals surface area contributed by atoms with Crippen LogP contribution in [0.25, 0.3) is 11.0 Å². The fourth-order valence-corrected chi connectivity index (χ4v) is 3.73. The summed E-state index contributed by atoms with van der Waals surface area (Å²) in [6, 6.07) is 19.2. The van der Waals surface area contributed by atoms with Gasteiger partial charge in [-0.3, -0.25) is 4.79 Å². The maximum atomic E-state index is 13.7. The Morgan fingerprint density at radius 2 is 1.80 bits per heavy atom. The van der Waals surface area contributed by atoms with Gasteiger partial charge in [0.2, 0.25) is 0 Å². The predicted molar refractivity (Wildman–Crippen MR) is 115 cm³/mol. The number of nitrogens with one attached hydrogen (secondary N) is 1. The van der Waals surface area contributed by atoms with E-state index in [9.17, 15) is 19.1 Å². The van der Waals surface area contributed by atoms with Crippen molar-refractivity contribution in [3.05, 3.63) is 100 Å². The summed E-state index contributed by atoms with van der Waals surface area (Å²) in [7, 11) is 0. The van der Waals surface area contributed by atoms with Crippen molar-refractivity contribution in [3.63, 3.8) is 0 Å². The Bertz CT molecular complexity index is 1280. The minimum Gasteiger partial charge on any atom is -0.508 e. The van der Waals surface area contributed by atoms with Crippen molar-refractivity contribution in [2.75, 3.05) is 5.32 Å². The van der Waals surface area contributed by atoms with Crippen LogP contribution >= 0.6 is 11.8 Å². The molecular formula is C23H16FNO4S. The summed E-state index contributed by atoms with van der Waals surface area (Å²) in [5.74, 6) is -0.657. The molecule has 4 rings (SSSR count). The number of hydrogen-bond donors (Lipinski definition) is 2. The number of aromatic hydroxyl groups is 1. The molecule has 2 N–H and O–H groups in total. The Hall–Kier alpha value is -3.58. The molecule has 30 heavy (non-hydrogen) atoms. The molecular weight excluding hydrogens is 405 g/mol. The van der Waals surface area contributed by atoms with Gasteiger partial charge >= 0.3 is 5.63 Å². The Morgan fingerprint density at radius 3 is 2.57 bits per heavy atom. The molecule has 0 aliphatic carbocycles. The maximum absolute atomic E-state index is 13.7. The van der Waals surface area contributed by atoms with Gasteiger partial charge in [0.25, 0.3) is 5.91 Å². The molecule has 0 atom stereocenters. The third-order valence-electron chi connectivity index (χ3n) is 4.42. The zero-order valence-electron chi connectivity index (χ0n) is 15.6. The molecule has 0 unspecified atom stereocenters. The van der Waals surface area contributed by atoms with E-state index in [1.165, 1.54) is 42.1 Å². The van der Waals surface area contributed by atoms with E-state index in [4.69, 9.17) is 4.42 Å². The second-order valence-corrected chi connectivity index (χ2v) is 7.58. The highest BCUT2D eigenvalue weighted by molar-refractivity contribution is 7.98. The zero-order chi connectivity index (χ0) is 21.1. The molecule has 0 aliphatic rings. The molecule has 0 saturated carbocycles. The summed E-state index contributed by atoms with van der Waals surface area (Å²) in [6.07, 6.45) is 0. The van der Waals surface area contributed by atoms with Crippen molar-refractivity contribution in [3.8, 4) is 5.75 Å². The molecule has 0 bridgehead atoms. The highest BCUT2D eigenvalue weighted by Crippen LogP contribution is 2.26. The molecule has 1 aromatic heterocycles. The van der Waals surface area contributed by atoms with Gasteiger partial charge in [0.15, 0.2) is 0 Å². The monoisotopic (exact) mass is 421 g/mol. The second-order valence-electron chi connectivity index (χ2n) is 6.53. The number of phenolic OH excluding ortho intramolecular Hbond substituents is 1. The number of thioether (sulfide) groups is 1. The third-order valence-corrected chi connectivity index (χ3v) is 5.48. The zero-order valence-corrected chi connectivity index (χ0v) is 16.4. The van der Waals surface area contributed by atoms with E-state index in [2.05, 4.69) is 5.32 Å². The Morgan fingerprint density at radius 1 is 1.03 bits per heavy atom. The summed E-state index contributed by atoms with van der Waals surface area (Å²) in [4.78, 5) is 25.2. The first kappa shape index (κ1) is 19.7.